The fourth-order valence-electron chi connectivity index (χ4n) is 0.913. The van der Waals surface area contributed by atoms with Crippen molar-refractivity contribution < 1.29 is 0 Å². The number of aromatic nitrogens is 2. The van der Waals surface area contributed by atoms with Crippen LogP contribution < -0.4 is 10.5 Å². The molecule has 0 radical (unpaired) electrons. The zero-order chi connectivity index (χ0) is 9.30. The number of hydrogen-bond donors (Lipinski definition) is 0. The molecule has 0 saturated carbocycles. The number of aryl methyl sites for hydroxylation is 1. The van der Waals surface area contributed by atoms with Crippen LogP contribution in [0.2, 0.25) is 0 Å². The smallest absolute Gasteiger partial charge is 0.293 e. The Labute approximate surface area is 71.5 Å². The van der Waals surface area contributed by atoms with Crippen LogP contribution in [0.4, 0.5) is 5.82 Å². The van der Waals surface area contributed by atoms with Gasteiger partial charge in [0.25, 0.3) is 5.56 Å². The fourth-order valence-corrected chi connectivity index (χ4v) is 0.913. The quantitative estimate of drug-likeness (QED) is 0.597. The summed E-state index contributed by atoms with van der Waals surface area (Å²) >= 11 is 0. The second-order valence-electron chi connectivity index (χ2n) is 2.98. The van der Waals surface area contributed by atoms with E-state index >= 15 is 0 Å². The average molecular weight is 167 g/mol. The SMILES string of the molecule is Cc1cnc(N(C)C)c(=O)n1C. The van der Waals surface area contributed by atoms with Crippen molar-refractivity contribution in [2.24, 2.45) is 7.05 Å². The normalized spacial score (nSPS) is 10.0. The van der Waals surface area contributed by atoms with Crippen LogP contribution in [0, 0.1) is 6.92 Å². The highest BCUT2D eigenvalue weighted by molar-refractivity contribution is 5.33. The van der Waals surface area contributed by atoms with Gasteiger partial charge in [0.2, 0.25) is 0 Å². The van der Waals surface area contributed by atoms with Crippen LogP contribution in [0.3, 0.4) is 0 Å². The van der Waals surface area contributed by atoms with Gasteiger partial charge in [-0.2, -0.15) is 0 Å². The van der Waals surface area contributed by atoms with Crippen LogP contribution in [0.25, 0.3) is 0 Å². The van der Waals surface area contributed by atoms with E-state index in [0.717, 1.165) is 5.69 Å². The Balaban J connectivity index is 3.37. The van der Waals surface area contributed by atoms with Gasteiger partial charge in [0.05, 0.1) is 0 Å². The summed E-state index contributed by atoms with van der Waals surface area (Å²) in [5.41, 5.74) is 0.811. The molecule has 12 heavy (non-hydrogen) atoms. The summed E-state index contributed by atoms with van der Waals surface area (Å²) in [5, 5.41) is 0. The first-order valence-electron chi connectivity index (χ1n) is 3.74. The second kappa shape index (κ2) is 2.97. The van der Waals surface area contributed by atoms with Gasteiger partial charge in [0, 0.05) is 33.0 Å². The number of anilines is 1. The highest BCUT2D eigenvalue weighted by Gasteiger charge is 2.05. The zero-order valence-corrected chi connectivity index (χ0v) is 7.83. The Bertz CT molecular complexity index is 341. The molecule has 0 aliphatic rings. The number of rotatable bonds is 1. The Morgan fingerprint density at radius 3 is 2.58 bits per heavy atom. The van der Waals surface area contributed by atoms with Crippen molar-refractivity contribution in [3.63, 3.8) is 0 Å². The zero-order valence-electron chi connectivity index (χ0n) is 7.83. The molecule has 4 heteroatoms. The molecule has 0 amide bonds. The molecule has 1 rings (SSSR count). The van der Waals surface area contributed by atoms with Gasteiger partial charge >= 0.3 is 0 Å². The predicted octanol–water partition coefficient (Wildman–Crippen LogP) is 0.155. The van der Waals surface area contributed by atoms with E-state index < -0.39 is 0 Å². The first kappa shape index (κ1) is 8.77. The third-order valence-corrected chi connectivity index (χ3v) is 1.82. The van der Waals surface area contributed by atoms with Gasteiger partial charge in [0.1, 0.15) is 0 Å². The van der Waals surface area contributed by atoms with Gasteiger partial charge in [0.15, 0.2) is 5.82 Å². The van der Waals surface area contributed by atoms with Crippen molar-refractivity contribution in [2.75, 3.05) is 19.0 Å². The van der Waals surface area contributed by atoms with E-state index in [9.17, 15) is 4.79 Å². The highest BCUT2D eigenvalue weighted by atomic mass is 16.1. The summed E-state index contributed by atoms with van der Waals surface area (Å²) in [6.45, 7) is 1.86. The van der Waals surface area contributed by atoms with Gasteiger partial charge in [-0.25, -0.2) is 4.98 Å². The maximum atomic E-state index is 11.5. The van der Waals surface area contributed by atoms with E-state index in [1.54, 1.807) is 36.8 Å². The molecule has 0 unspecified atom stereocenters. The molecule has 0 aliphatic carbocycles. The Kier molecular flexibility index (Phi) is 2.17. The molecule has 0 N–H and O–H groups in total. The summed E-state index contributed by atoms with van der Waals surface area (Å²) in [7, 11) is 5.35. The summed E-state index contributed by atoms with van der Waals surface area (Å²) in [6.07, 6.45) is 1.69. The van der Waals surface area contributed by atoms with Crippen LogP contribution in [-0.4, -0.2) is 23.6 Å². The lowest BCUT2D eigenvalue weighted by Crippen LogP contribution is -2.28. The lowest BCUT2D eigenvalue weighted by atomic mass is 10.4. The first-order valence-corrected chi connectivity index (χ1v) is 3.74. The van der Waals surface area contributed by atoms with Gasteiger partial charge in [-0.05, 0) is 6.92 Å². The third kappa shape index (κ3) is 1.32. The standard InChI is InChI=1S/C8H13N3O/c1-6-5-9-7(10(2)3)8(12)11(6)4/h5H,1-4H3. The van der Waals surface area contributed by atoms with E-state index in [2.05, 4.69) is 4.98 Å². The van der Waals surface area contributed by atoms with Gasteiger partial charge < -0.3 is 9.47 Å². The van der Waals surface area contributed by atoms with Crippen molar-refractivity contribution in [2.45, 2.75) is 6.92 Å². The van der Waals surface area contributed by atoms with Gasteiger partial charge in [-0.1, -0.05) is 0 Å². The predicted molar refractivity (Wildman–Crippen MR) is 48.5 cm³/mol. The van der Waals surface area contributed by atoms with E-state index in [1.807, 2.05) is 6.92 Å². The molecular formula is C8H13N3O. The fraction of sp³-hybridized carbons (Fsp3) is 0.500. The largest absolute Gasteiger partial charge is 0.358 e. The second-order valence-corrected chi connectivity index (χ2v) is 2.98. The van der Waals surface area contributed by atoms with Crippen LogP contribution in [0.5, 0.6) is 0 Å². The van der Waals surface area contributed by atoms with Crippen molar-refractivity contribution in [3.8, 4) is 0 Å². The molecule has 0 aromatic carbocycles. The monoisotopic (exact) mass is 167 g/mol. The Hall–Kier alpha value is -1.32. The summed E-state index contributed by atoms with van der Waals surface area (Å²) in [5.74, 6) is 0.475. The van der Waals surface area contributed by atoms with Crippen LogP contribution in [-0.2, 0) is 7.05 Å². The molecule has 0 fully saturated rings. The summed E-state index contributed by atoms with van der Waals surface area (Å²) in [6, 6.07) is 0. The Morgan fingerprint density at radius 2 is 2.08 bits per heavy atom. The number of hydrogen-bond acceptors (Lipinski definition) is 3. The molecule has 1 aromatic rings. The third-order valence-electron chi connectivity index (χ3n) is 1.82. The van der Waals surface area contributed by atoms with Crippen LogP contribution in [0.15, 0.2) is 11.0 Å². The maximum Gasteiger partial charge on any atom is 0.293 e. The van der Waals surface area contributed by atoms with E-state index in [4.69, 9.17) is 0 Å². The molecule has 1 heterocycles. The lowest BCUT2D eigenvalue weighted by Gasteiger charge is -2.11. The minimum Gasteiger partial charge on any atom is -0.358 e. The molecule has 1 aromatic heterocycles. The van der Waals surface area contributed by atoms with E-state index in [-0.39, 0.29) is 5.56 Å². The van der Waals surface area contributed by atoms with Gasteiger partial charge in [-0.3, -0.25) is 4.79 Å². The van der Waals surface area contributed by atoms with Crippen molar-refractivity contribution >= 4 is 5.82 Å². The number of nitrogens with zero attached hydrogens (tertiary/aromatic N) is 3. The van der Waals surface area contributed by atoms with Crippen molar-refractivity contribution in [1.82, 2.24) is 9.55 Å². The minimum absolute atomic E-state index is 0.0556. The molecule has 0 aliphatic heterocycles. The summed E-state index contributed by atoms with van der Waals surface area (Å²) in [4.78, 5) is 17.2. The average Bonchev–Trinajstić information content (AvgIpc) is 2.00. The molecule has 0 bridgehead atoms. The summed E-state index contributed by atoms with van der Waals surface area (Å²) < 4.78 is 1.59. The lowest BCUT2D eigenvalue weighted by molar-refractivity contribution is 0.791. The van der Waals surface area contributed by atoms with Gasteiger partial charge in [-0.15, -0.1) is 0 Å². The van der Waals surface area contributed by atoms with E-state index in [1.165, 1.54) is 0 Å². The Morgan fingerprint density at radius 1 is 1.50 bits per heavy atom. The molecule has 0 saturated heterocycles. The molecule has 66 valence electrons. The highest BCUT2D eigenvalue weighted by Crippen LogP contribution is 1.98. The van der Waals surface area contributed by atoms with Crippen molar-refractivity contribution in [3.05, 3.63) is 22.2 Å². The van der Waals surface area contributed by atoms with Crippen LogP contribution in [0.1, 0.15) is 5.69 Å². The molecule has 0 spiro atoms. The molecule has 0 atom stereocenters. The first-order chi connectivity index (χ1) is 5.54. The minimum atomic E-state index is -0.0556. The topological polar surface area (TPSA) is 38.1 Å². The van der Waals surface area contributed by atoms with Crippen LogP contribution >= 0.6 is 0 Å². The molecular weight excluding hydrogens is 154 g/mol. The molecule has 4 nitrogen and oxygen atoms in total. The van der Waals surface area contributed by atoms with E-state index in [0.29, 0.717) is 5.82 Å². The maximum absolute atomic E-state index is 11.5. The van der Waals surface area contributed by atoms with Crippen molar-refractivity contribution in [1.29, 1.82) is 0 Å².